The van der Waals surface area contributed by atoms with Crippen LogP contribution in [-0.2, 0) is 21.5 Å². The van der Waals surface area contributed by atoms with Crippen molar-refractivity contribution in [1.82, 2.24) is 9.55 Å². The molecular formula is C29H47N3O8Si2. The van der Waals surface area contributed by atoms with E-state index in [1.807, 2.05) is 0 Å². The van der Waals surface area contributed by atoms with E-state index in [0.29, 0.717) is 0 Å². The number of nitro benzene ring substituents is 1. The molecular weight excluding hydrogens is 575 g/mol. The molecule has 0 amide bonds. The second-order valence-electron chi connectivity index (χ2n) is 14.6. The standard InChI is InChI=1S/C29H47N3O8Si2/c1-26(2,3)41(8,9)29(35)19-28(7,40-23(29)18-39-42(10,11)27(4,5)6)31-16-22(24(33)30-25(31)34)38-17-20-14-12-13-15-21(20)32(36)37/h12-16,23,35H,17-19H2,1-11H3,(H,30,33,34)/t23-,28-,29-/m1/s1. The third-order valence-electron chi connectivity index (χ3n) is 9.88. The molecule has 11 nitrogen and oxygen atoms in total. The van der Waals surface area contributed by atoms with E-state index in [2.05, 4.69) is 72.7 Å². The van der Waals surface area contributed by atoms with Crippen LogP contribution in [0, 0.1) is 10.1 Å². The van der Waals surface area contributed by atoms with Crippen molar-refractivity contribution in [3.63, 3.8) is 0 Å². The van der Waals surface area contributed by atoms with Gasteiger partial charge in [-0.3, -0.25) is 24.5 Å². The van der Waals surface area contributed by atoms with Crippen LogP contribution in [0.2, 0.25) is 36.3 Å². The SMILES string of the molecule is CC(C)(C)[Si](C)(C)OC[C@H]1O[C@@](C)(n2cc(OCc3ccccc3[N+](=O)[O-])c(=O)[nH]c2=O)C[C@@]1(O)[Si](C)(C)C(C)(C)C. The van der Waals surface area contributed by atoms with Crippen LogP contribution in [0.15, 0.2) is 40.1 Å². The van der Waals surface area contributed by atoms with Crippen LogP contribution < -0.4 is 16.0 Å². The Hall–Kier alpha value is -2.59. The highest BCUT2D eigenvalue weighted by atomic mass is 28.4. The Morgan fingerprint density at radius 2 is 1.71 bits per heavy atom. The predicted octanol–water partition coefficient (Wildman–Crippen LogP) is 5.29. The summed E-state index contributed by atoms with van der Waals surface area (Å²) in [5, 5.41) is 22.4. The zero-order valence-corrected chi connectivity index (χ0v) is 28.8. The molecule has 1 aliphatic rings. The molecule has 2 aromatic rings. The number of nitrogens with zero attached hydrogens (tertiary/aromatic N) is 2. The highest BCUT2D eigenvalue weighted by Crippen LogP contribution is 2.53. The number of nitro groups is 1. The number of H-pyrrole nitrogens is 1. The molecule has 0 spiro atoms. The Morgan fingerprint density at radius 3 is 2.26 bits per heavy atom. The van der Waals surface area contributed by atoms with E-state index in [4.69, 9.17) is 13.9 Å². The van der Waals surface area contributed by atoms with E-state index in [-0.39, 0.29) is 46.7 Å². The van der Waals surface area contributed by atoms with Crippen molar-refractivity contribution in [3.05, 3.63) is 67.0 Å². The molecule has 0 aliphatic carbocycles. The van der Waals surface area contributed by atoms with Gasteiger partial charge in [0.15, 0.2) is 8.32 Å². The van der Waals surface area contributed by atoms with Crippen molar-refractivity contribution in [3.8, 4) is 5.75 Å². The zero-order chi connectivity index (χ0) is 32.1. The van der Waals surface area contributed by atoms with Crippen LogP contribution in [0.1, 0.15) is 60.5 Å². The maximum absolute atomic E-state index is 13.2. The zero-order valence-electron chi connectivity index (χ0n) is 26.8. The number of benzene rings is 1. The number of hydrogen-bond acceptors (Lipinski definition) is 8. The lowest BCUT2D eigenvalue weighted by Gasteiger charge is -2.50. The normalized spacial score (nSPS) is 23.7. The number of ether oxygens (including phenoxy) is 2. The predicted molar refractivity (Wildman–Crippen MR) is 167 cm³/mol. The summed E-state index contributed by atoms with van der Waals surface area (Å²) >= 11 is 0. The van der Waals surface area contributed by atoms with E-state index in [1.165, 1.54) is 22.9 Å². The average molecular weight is 622 g/mol. The molecule has 42 heavy (non-hydrogen) atoms. The molecule has 0 bridgehead atoms. The van der Waals surface area contributed by atoms with Gasteiger partial charge in [-0.25, -0.2) is 4.79 Å². The van der Waals surface area contributed by atoms with Crippen molar-refractivity contribution >= 4 is 22.1 Å². The molecule has 0 saturated carbocycles. The molecule has 1 aromatic heterocycles. The fourth-order valence-corrected chi connectivity index (χ4v) is 9.04. The lowest BCUT2D eigenvalue weighted by molar-refractivity contribution is -0.385. The minimum Gasteiger partial charge on any atom is -0.482 e. The van der Waals surface area contributed by atoms with Gasteiger partial charge in [0.05, 0.1) is 36.6 Å². The number of rotatable bonds is 9. The van der Waals surface area contributed by atoms with Gasteiger partial charge in [-0.2, -0.15) is 0 Å². The van der Waals surface area contributed by atoms with E-state index >= 15 is 0 Å². The molecule has 3 atom stereocenters. The van der Waals surface area contributed by atoms with Gasteiger partial charge in [0, 0.05) is 12.5 Å². The maximum Gasteiger partial charge on any atom is 0.330 e. The number of para-hydroxylation sites is 1. The van der Waals surface area contributed by atoms with Gasteiger partial charge >= 0.3 is 5.69 Å². The molecule has 0 unspecified atom stereocenters. The lowest BCUT2D eigenvalue weighted by Crippen LogP contribution is -2.65. The van der Waals surface area contributed by atoms with Crippen LogP contribution in [0.25, 0.3) is 0 Å². The summed E-state index contributed by atoms with van der Waals surface area (Å²) in [5.41, 5.74) is -2.70. The Bertz CT molecular complexity index is 1440. The van der Waals surface area contributed by atoms with Crippen molar-refractivity contribution in [2.75, 3.05) is 6.61 Å². The molecule has 13 heteroatoms. The van der Waals surface area contributed by atoms with Crippen molar-refractivity contribution < 1.29 is 23.9 Å². The molecule has 3 rings (SSSR count). The van der Waals surface area contributed by atoms with Crippen LogP contribution in [0.3, 0.4) is 0 Å². The smallest absolute Gasteiger partial charge is 0.330 e. The molecule has 1 aromatic carbocycles. The summed E-state index contributed by atoms with van der Waals surface area (Å²) in [4.78, 5) is 39.1. The van der Waals surface area contributed by atoms with E-state index in [0.717, 1.165) is 0 Å². The number of aromatic nitrogens is 2. The lowest BCUT2D eigenvalue weighted by atomic mass is 10.1. The molecule has 2 N–H and O–H groups in total. The second-order valence-corrected chi connectivity index (χ2v) is 25.1. The van der Waals surface area contributed by atoms with Crippen molar-refractivity contribution in [2.24, 2.45) is 0 Å². The van der Waals surface area contributed by atoms with Crippen LogP contribution in [0.4, 0.5) is 5.69 Å². The minimum absolute atomic E-state index is 0.0556. The molecule has 0 radical (unpaired) electrons. The minimum atomic E-state index is -2.56. The number of hydrogen-bond donors (Lipinski definition) is 2. The van der Waals surface area contributed by atoms with Crippen molar-refractivity contribution in [1.29, 1.82) is 0 Å². The third-order valence-corrected chi connectivity index (χ3v) is 20.8. The highest BCUT2D eigenvalue weighted by Gasteiger charge is 2.65. The number of aromatic amines is 1. The maximum atomic E-state index is 13.2. The summed E-state index contributed by atoms with van der Waals surface area (Å²) in [6.07, 6.45) is 0.629. The first kappa shape index (κ1) is 33.9. The van der Waals surface area contributed by atoms with Gasteiger partial charge in [-0.15, -0.1) is 0 Å². The highest BCUT2D eigenvalue weighted by molar-refractivity contribution is 6.83. The summed E-state index contributed by atoms with van der Waals surface area (Å²) in [6, 6.07) is 6.07. The van der Waals surface area contributed by atoms with Gasteiger partial charge in [0.1, 0.15) is 18.4 Å². The van der Waals surface area contributed by atoms with E-state index in [9.17, 15) is 24.8 Å². The van der Waals surface area contributed by atoms with E-state index in [1.54, 1.807) is 19.1 Å². The summed E-state index contributed by atoms with van der Waals surface area (Å²) in [6.45, 7) is 22.9. The Morgan fingerprint density at radius 1 is 1.12 bits per heavy atom. The first-order chi connectivity index (χ1) is 19.0. The molecule has 1 fully saturated rings. The third kappa shape index (κ3) is 6.21. The molecule has 1 aliphatic heterocycles. The van der Waals surface area contributed by atoms with Gasteiger partial charge in [-0.05, 0) is 36.2 Å². The van der Waals surface area contributed by atoms with Crippen molar-refractivity contribution in [2.45, 2.75) is 115 Å². The molecule has 234 valence electrons. The summed E-state index contributed by atoms with van der Waals surface area (Å²) in [5.74, 6) is -0.200. The largest absolute Gasteiger partial charge is 0.482 e. The van der Waals surface area contributed by atoms with Gasteiger partial charge in [0.2, 0.25) is 5.75 Å². The van der Waals surface area contributed by atoms with Crippen LogP contribution in [-0.4, -0.2) is 53.9 Å². The van der Waals surface area contributed by atoms with Crippen LogP contribution in [0.5, 0.6) is 5.75 Å². The number of aliphatic hydroxyl groups is 1. The monoisotopic (exact) mass is 621 g/mol. The first-order valence-electron chi connectivity index (χ1n) is 14.2. The van der Waals surface area contributed by atoms with Gasteiger partial charge in [0.25, 0.3) is 11.2 Å². The average Bonchev–Trinajstić information content (AvgIpc) is 3.12. The Kier molecular flexibility index (Phi) is 9.01. The summed E-state index contributed by atoms with van der Waals surface area (Å²) < 4.78 is 20.1. The molecule has 1 saturated heterocycles. The molecule has 2 heterocycles. The van der Waals surface area contributed by atoms with E-state index < -0.39 is 49.6 Å². The summed E-state index contributed by atoms with van der Waals surface area (Å²) in [7, 11) is -4.77. The Labute approximate surface area is 249 Å². The van der Waals surface area contributed by atoms with Gasteiger partial charge in [-0.1, -0.05) is 66.8 Å². The second kappa shape index (κ2) is 11.2. The van der Waals surface area contributed by atoms with Gasteiger partial charge < -0.3 is 19.0 Å². The number of nitrogens with one attached hydrogen (secondary N) is 1. The van der Waals surface area contributed by atoms with Crippen LogP contribution >= 0.6 is 0 Å². The fourth-order valence-electron chi connectivity index (χ4n) is 5.02. The quantitative estimate of drug-likeness (QED) is 0.218. The Balaban J connectivity index is 2.04. The first-order valence-corrected chi connectivity index (χ1v) is 20.1. The fraction of sp³-hybridized carbons (Fsp3) is 0.655. The topological polar surface area (TPSA) is 146 Å².